The molecular weight excluding hydrogens is 342 g/mol. The van der Waals surface area contributed by atoms with E-state index in [0.717, 1.165) is 0 Å². The summed E-state index contributed by atoms with van der Waals surface area (Å²) >= 11 is 0. The van der Waals surface area contributed by atoms with Gasteiger partial charge in [-0.15, -0.1) is 10.2 Å². The summed E-state index contributed by atoms with van der Waals surface area (Å²) in [6.45, 7) is -0.521. The molecule has 0 aliphatic rings. The number of aromatic nitrogens is 2. The second kappa shape index (κ2) is 7.97. The molecule has 0 saturated carbocycles. The van der Waals surface area contributed by atoms with Gasteiger partial charge in [0.05, 0.1) is 18.9 Å². The molecule has 9 nitrogen and oxygen atoms in total. The Kier molecular flexibility index (Phi) is 5.28. The summed E-state index contributed by atoms with van der Waals surface area (Å²) < 4.78 is 20.5. The maximum absolute atomic E-state index is 12.1. The van der Waals surface area contributed by atoms with Crippen LogP contribution in [0, 0.1) is 0 Å². The maximum Gasteiger partial charge on any atom is 0.325 e. The summed E-state index contributed by atoms with van der Waals surface area (Å²) in [6, 6.07) is 10.0. The van der Waals surface area contributed by atoms with Gasteiger partial charge in [-0.3, -0.25) is 9.59 Å². The number of methoxy groups -OCH3 is 1. The molecule has 2 heterocycles. The van der Waals surface area contributed by atoms with Gasteiger partial charge in [-0.05, 0) is 24.3 Å². The SMILES string of the molecule is COc1ccccc1C(=O)NCC(=O)OCc1nnc(-c2ccco2)o1. The lowest BCUT2D eigenvalue weighted by atomic mass is 10.2. The highest BCUT2D eigenvalue weighted by Crippen LogP contribution is 2.18. The number of hydrogen-bond acceptors (Lipinski definition) is 8. The molecule has 1 amide bonds. The molecule has 26 heavy (non-hydrogen) atoms. The van der Waals surface area contributed by atoms with Crippen LogP contribution in [-0.4, -0.2) is 35.7 Å². The van der Waals surface area contributed by atoms with Gasteiger partial charge in [-0.1, -0.05) is 12.1 Å². The van der Waals surface area contributed by atoms with Gasteiger partial charge in [0.1, 0.15) is 12.3 Å². The molecule has 0 radical (unpaired) electrons. The molecule has 0 bridgehead atoms. The standard InChI is InChI=1S/C17H15N3O6/c1-23-12-6-3-2-5-11(12)16(22)18-9-15(21)25-10-14-19-20-17(26-14)13-7-4-8-24-13/h2-8H,9-10H2,1H3,(H,18,22). The number of para-hydroxylation sites is 1. The minimum atomic E-state index is -0.647. The molecule has 0 fully saturated rings. The van der Waals surface area contributed by atoms with E-state index in [1.807, 2.05) is 0 Å². The number of nitrogens with one attached hydrogen (secondary N) is 1. The van der Waals surface area contributed by atoms with Gasteiger partial charge < -0.3 is 23.6 Å². The second-order valence-corrected chi connectivity index (χ2v) is 5.02. The van der Waals surface area contributed by atoms with Crippen molar-refractivity contribution in [2.45, 2.75) is 6.61 Å². The molecule has 0 unspecified atom stereocenters. The van der Waals surface area contributed by atoms with Crippen molar-refractivity contribution < 1.29 is 27.9 Å². The molecular formula is C17H15N3O6. The van der Waals surface area contributed by atoms with Crippen molar-refractivity contribution in [3.05, 3.63) is 54.1 Å². The topological polar surface area (TPSA) is 117 Å². The number of rotatable bonds is 7. The Morgan fingerprint density at radius 3 is 2.77 bits per heavy atom. The molecule has 0 spiro atoms. The Labute approximate surface area is 147 Å². The Hall–Kier alpha value is -3.62. The third-order valence-electron chi connectivity index (χ3n) is 3.30. The first kappa shape index (κ1) is 17.2. The molecule has 0 aliphatic heterocycles. The van der Waals surface area contributed by atoms with Crippen molar-refractivity contribution >= 4 is 11.9 Å². The summed E-state index contributed by atoms with van der Waals surface area (Å²) in [4.78, 5) is 23.9. The van der Waals surface area contributed by atoms with Crippen LogP contribution in [0.15, 0.2) is 51.5 Å². The summed E-state index contributed by atoms with van der Waals surface area (Å²) in [5.74, 6) is 0.0310. The zero-order valence-electron chi connectivity index (χ0n) is 13.8. The molecule has 0 aliphatic carbocycles. The van der Waals surface area contributed by atoms with E-state index < -0.39 is 11.9 Å². The molecule has 1 N–H and O–H groups in total. The van der Waals surface area contributed by atoms with E-state index in [1.165, 1.54) is 13.4 Å². The first-order chi connectivity index (χ1) is 12.7. The average Bonchev–Trinajstić information content (AvgIpc) is 3.35. The van der Waals surface area contributed by atoms with Crippen LogP contribution in [0.25, 0.3) is 11.7 Å². The zero-order chi connectivity index (χ0) is 18.4. The smallest absolute Gasteiger partial charge is 0.325 e. The highest BCUT2D eigenvalue weighted by molar-refractivity contribution is 5.98. The summed E-state index contributed by atoms with van der Waals surface area (Å²) in [5, 5.41) is 10.00. The predicted octanol–water partition coefficient (Wildman–Crippen LogP) is 1.81. The maximum atomic E-state index is 12.1. The summed E-state index contributed by atoms with van der Waals surface area (Å²) in [7, 11) is 1.46. The van der Waals surface area contributed by atoms with E-state index in [-0.39, 0.29) is 24.9 Å². The first-order valence-electron chi connectivity index (χ1n) is 7.60. The van der Waals surface area contributed by atoms with Crippen LogP contribution in [0.5, 0.6) is 5.75 Å². The molecule has 0 saturated heterocycles. The highest BCUT2D eigenvalue weighted by atomic mass is 16.5. The van der Waals surface area contributed by atoms with Crippen molar-refractivity contribution in [1.29, 1.82) is 0 Å². The van der Waals surface area contributed by atoms with Gasteiger partial charge in [-0.25, -0.2) is 0 Å². The van der Waals surface area contributed by atoms with Gasteiger partial charge in [0.25, 0.3) is 17.7 Å². The number of esters is 1. The van der Waals surface area contributed by atoms with Crippen LogP contribution in [-0.2, 0) is 16.1 Å². The van der Waals surface area contributed by atoms with Gasteiger partial charge in [-0.2, -0.15) is 0 Å². The van der Waals surface area contributed by atoms with E-state index in [9.17, 15) is 9.59 Å². The van der Waals surface area contributed by atoms with Crippen molar-refractivity contribution in [1.82, 2.24) is 15.5 Å². The first-order valence-corrected chi connectivity index (χ1v) is 7.60. The molecule has 3 rings (SSSR count). The molecule has 0 atom stereocenters. The lowest BCUT2D eigenvalue weighted by Crippen LogP contribution is -2.30. The monoisotopic (exact) mass is 357 g/mol. The van der Waals surface area contributed by atoms with Crippen molar-refractivity contribution in [2.24, 2.45) is 0 Å². The Morgan fingerprint density at radius 2 is 2.00 bits per heavy atom. The highest BCUT2D eigenvalue weighted by Gasteiger charge is 2.15. The van der Waals surface area contributed by atoms with Crippen LogP contribution < -0.4 is 10.1 Å². The third kappa shape index (κ3) is 4.07. The van der Waals surface area contributed by atoms with Crippen LogP contribution in [0.4, 0.5) is 0 Å². The van der Waals surface area contributed by atoms with Crippen LogP contribution in [0.3, 0.4) is 0 Å². The molecule has 134 valence electrons. The predicted molar refractivity (Wildman–Crippen MR) is 87.1 cm³/mol. The number of furan rings is 1. The fourth-order valence-electron chi connectivity index (χ4n) is 2.08. The average molecular weight is 357 g/mol. The number of carbonyl (C=O) groups is 2. The van der Waals surface area contributed by atoms with Crippen molar-refractivity contribution in [2.75, 3.05) is 13.7 Å². The van der Waals surface area contributed by atoms with Gasteiger partial charge >= 0.3 is 5.97 Å². The second-order valence-electron chi connectivity index (χ2n) is 5.02. The third-order valence-corrected chi connectivity index (χ3v) is 3.30. The van der Waals surface area contributed by atoms with E-state index >= 15 is 0 Å². The Morgan fingerprint density at radius 1 is 1.15 bits per heavy atom. The van der Waals surface area contributed by atoms with Crippen molar-refractivity contribution in [3.63, 3.8) is 0 Å². The summed E-state index contributed by atoms with van der Waals surface area (Å²) in [6.07, 6.45) is 1.48. The quantitative estimate of drug-likeness (QED) is 0.636. The number of carbonyl (C=O) groups excluding carboxylic acids is 2. The molecule has 9 heteroatoms. The van der Waals surface area contributed by atoms with Gasteiger partial charge in [0.15, 0.2) is 12.4 Å². The molecule has 1 aromatic carbocycles. The van der Waals surface area contributed by atoms with Crippen LogP contribution in [0.2, 0.25) is 0 Å². The van der Waals surface area contributed by atoms with E-state index in [0.29, 0.717) is 17.1 Å². The van der Waals surface area contributed by atoms with E-state index in [2.05, 4.69) is 15.5 Å². The lowest BCUT2D eigenvalue weighted by molar-refractivity contribution is -0.144. The van der Waals surface area contributed by atoms with E-state index in [1.54, 1.807) is 36.4 Å². The Bertz CT molecular complexity index is 888. The summed E-state index contributed by atoms with van der Waals surface area (Å²) in [5.41, 5.74) is 0.322. The van der Waals surface area contributed by atoms with E-state index in [4.69, 9.17) is 18.3 Å². The normalized spacial score (nSPS) is 10.3. The molecule has 3 aromatic rings. The van der Waals surface area contributed by atoms with Crippen LogP contribution >= 0.6 is 0 Å². The van der Waals surface area contributed by atoms with Gasteiger partial charge in [0.2, 0.25) is 0 Å². The van der Waals surface area contributed by atoms with Gasteiger partial charge in [0, 0.05) is 0 Å². The lowest BCUT2D eigenvalue weighted by Gasteiger charge is -2.08. The number of hydrogen-bond donors (Lipinski definition) is 1. The largest absolute Gasteiger partial charge is 0.496 e. The fraction of sp³-hybridized carbons (Fsp3) is 0.176. The number of amides is 1. The number of ether oxygens (including phenoxy) is 2. The zero-order valence-corrected chi connectivity index (χ0v) is 13.8. The van der Waals surface area contributed by atoms with Crippen LogP contribution in [0.1, 0.15) is 16.2 Å². The van der Waals surface area contributed by atoms with Crippen molar-refractivity contribution in [3.8, 4) is 17.4 Å². The number of benzene rings is 1. The number of nitrogens with zero attached hydrogens (tertiary/aromatic N) is 2. The minimum absolute atomic E-state index is 0.112. The Balaban J connectivity index is 1.48. The fourth-order valence-corrected chi connectivity index (χ4v) is 2.08. The molecule has 2 aromatic heterocycles. The minimum Gasteiger partial charge on any atom is -0.496 e.